The molecule has 0 spiro atoms. The van der Waals surface area contributed by atoms with Gasteiger partial charge in [0, 0.05) is 6.20 Å². The fourth-order valence-electron chi connectivity index (χ4n) is 1.54. The van der Waals surface area contributed by atoms with E-state index in [0.29, 0.717) is 13.2 Å². The van der Waals surface area contributed by atoms with E-state index in [4.69, 9.17) is 9.57 Å². The van der Waals surface area contributed by atoms with Gasteiger partial charge >= 0.3 is 0 Å². The summed E-state index contributed by atoms with van der Waals surface area (Å²) in [7, 11) is 0. The summed E-state index contributed by atoms with van der Waals surface area (Å²) in [5.74, 6) is 0. The minimum Gasteiger partial charge on any atom is -0.374 e. The van der Waals surface area contributed by atoms with Gasteiger partial charge in [0.1, 0.15) is 13.3 Å². The van der Waals surface area contributed by atoms with Crippen LogP contribution in [0.15, 0.2) is 48.8 Å². The maximum atomic E-state index is 11.9. The highest BCUT2D eigenvalue weighted by Crippen LogP contribution is 2.08. The molecular formula is C14H17FN2O2. The van der Waals surface area contributed by atoms with Crippen molar-refractivity contribution in [3.05, 3.63) is 59.9 Å². The normalized spacial score (nSPS) is 13.6. The van der Waals surface area contributed by atoms with Gasteiger partial charge < -0.3 is 4.74 Å². The van der Waals surface area contributed by atoms with Gasteiger partial charge in [-0.2, -0.15) is 5.17 Å². The average Bonchev–Trinajstić information content (AvgIpc) is 2.48. The third-order valence-electron chi connectivity index (χ3n) is 2.51. The van der Waals surface area contributed by atoms with Crippen LogP contribution in [0.3, 0.4) is 0 Å². The summed E-state index contributed by atoms with van der Waals surface area (Å²) in [6, 6.07) is 7.85. The van der Waals surface area contributed by atoms with Crippen molar-refractivity contribution in [3.63, 3.8) is 0 Å². The van der Waals surface area contributed by atoms with Crippen LogP contribution in [0.25, 0.3) is 0 Å². The van der Waals surface area contributed by atoms with Crippen LogP contribution in [-0.4, -0.2) is 18.5 Å². The molecule has 1 N–H and O–H groups in total. The van der Waals surface area contributed by atoms with Crippen molar-refractivity contribution in [1.29, 1.82) is 0 Å². The Morgan fingerprint density at radius 3 is 2.42 bits per heavy atom. The number of hydroxylamine groups is 1. The van der Waals surface area contributed by atoms with Gasteiger partial charge in [0.2, 0.25) is 0 Å². The average molecular weight is 263 g/mol. The molecule has 19 heavy (non-hydrogen) atoms. The summed E-state index contributed by atoms with van der Waals surface area (Å²) < 4.78 is 17.0. The fraction of sp³-hybridized carbons (Fsp3) is 0.286. The highest BCUT2D eigenvalue weighted by molar-refractivity contribution is 5.21. The number of nitrogens with one attached hydrogen (secondary N) is 1. The van der Waals surface area contributed by atoms with Crippen molar-refractivity contribution in [2.24, 2.45) is 0 Å². The molecule has 0 unspecified atom stereocenters. The Morgan fingerprint density at radius 1 is 1.05 bits per heavy atom. The Bertz CT molecular complexity index is 432. The number of benzene rings is 1. The Morgan fingerprint density at radius 2 is 1.79 bits per heavy atom. The van der Waals surface area contributed by atoms with Gasteiger partial charge in [-0.25, -0.2) is 9.23 Å². The molecule has 1 aliphatic rings. The summed E-state index contributed by atoms with van der Waals surface area (Å²) in [6.45, 7) is 0.602. The summed E-state index contributed by atoms with van der Waals surface area (Å²) >= 11 is 0. The maximum Gasteiger partial charge on any atom is 0.113 e. The summed E-state index contributed by atoms with van der Waals surface area (Å²) in [4.78, 5) is 5.51. The molecule has 4 nitrogen and oxygen atoms in total. The first-order valence-corrected chi connectivity index (χ1v) is 6.11. The number of hydrazine groups is 1. The largest absolute Gasteiger partial charge is 0.374 e. The van der Waals surface area contributed by atoms with Crippen LogP contribution in [0, 0.1) is 0 Å². The molecule has 0 amide bonds. The summed E-state index contributed by atoms with van der Waals surface area (Å²) in [6.07, 6.45) is 7.33. The van der Waals surface area contributed by atoms with Crippen LogP contribution in [-0.2, 0) is 22.8 Å². The first-order chi connectivity index (χ1) is 9.38. The highest BCUT2D eigenvalue weighted by Gasteiger charge is 2.01. The lowest BCUT2D eigenvalue weighted by Crippen LogP contribution is -2.30. The molecule has 5 heteroatoms. The number of allylic oxidation sites excluding steroid dienone is 2. The minimum atomic E-state index is -0.448. The molecule has 0 aliphatic carbocycles. The van der Waals surface area contributed by atoms with E-state index in [1.807, 2.05) is 36.4 Å². The van der Waals surface area contributed by atoms with E-state index in [9.17, 15) is 4.39 Å². The lowest BCUT2D eigenvalue weighted by atomic mass is 10.1. The number of hydrogen-bond acceptors (Lipinski definition) is 4. The summed E-state index contributed by atoms with van der Waals surface area (Å²) in [5, 5.41) is 1.54. The maximum absolute atomic E-state index is 11.9. The first kappa shape index (κ1) is 13.6. The van der Waals surface area contributed by atoms with Crippen molar-refractivity contribution in [2.45, 2.75) is 13.2 Å². The first-order valence-electron chi connectivity index (χ1n) is 6.11. The number of hydrogen-bond donors (Lipinski definition) is 1. The van der Waals surface area contributed by atoms with Crippen LogP contribution >= 0.6 is 0 Å². The third-order valence-corrected chi connectivity index (χ3v) is 2.51. The molecule has 2 rings (SSSR count). The SMILES string of the molecule is [18F]CCOCc1ccc(CON2C=CC=CN2)cc1. The zero-order valence-electron chi connectivity index (χ0n) is 10.6. The molecule has 1 aromatic rings. The van der Waals surface area contributed by atoms with Crippen LogP contribution in [0.1, 0.15) is 11.1 Å². The second-order valence-corrected chi connectivity index (χ2v) is 3.99. The van der Waals surface area contributed by atoms with Crippen molar-refractivity contribution in [3.8, 4) is 0 Å². The van der Waals surface area contributed by atoms with Gasteiger partial charge in [-0.1, -0.05) is 24.3 Å². The van der Waals surface area contributed by atoms with E-state index in [1.165, 1.54) is 5.17 Å². The molecular weight excluding hydrogens is 246 g/mol. The molecule has 1 aromatic carbocycles. The molecule has 1 aliphatic heterocycles. The molecule has 0 fully saturated rings. The van der Waals surface area contributed by atoms with Gasteiger partial charge in [0.15, 0.2) is 0 Å². The monoisotopic (exact) mass is 263 g/mol. The van der Waals surface area contributed by atoms with E-state index in [0.717, 1.165) is 11.1 Å². The predicted molar refractivity (Wildman–Crippen MR) is 70.1 cm³/mol. The lowest BCUT2D eigenvalue weighted by molar-refractivity contribution is -0.159. The van der Waals surface area contributed by atoms with E-state index >= 15 is 0 Å². The third kappa shape index (κ3) is 4.73. The van der Waals surface area contributed by atoms with Gasteiger partial charge in [-0.05, 0) is 23.3 Å². The molecule has 0 saturated carbocycles. The van der Waals surface area contributed by atoms with Crippen LogP contribution in [0.5, 0.6) is 0 Å². The molecule has 0 saturated heterocycles. The number of ether oxygens (including phenoxy) is 1. The summed E-state index contributed by atoms with van der Waals surface area (Å²) in [5.41, 5.74) is 5.00. The fourth-order valence-corrected chi connectivity index (χ4v) is 1.54. The van der Waals surface area contributed by atoms with Crippen LogP contribution in [0.4, 0.5) is 4.39 Å². The molecule has 0 aromatic heterocycles. The number of rotatable bonds is 7. The highest BCUT2D eigenvalue weighted by atomic mass is 18.2. The lowest BCUT2D eigenvalue weighted by Gasteiger charge is -2.20. The zero-order valence-corrected chi connectivity index (χ0v) is 10.6. The van der Waals surface area contributed by atoms with Gasteiger partial charge in [0.05, 0.1) is 19.4 Å². The number of alkyl halides is 1. The second-order valence-electron chi connectivity index (χ2n) is 3.99. The van der Waals surface area contributed by atoms with Gasteiger partial charge in [-0.3, -0.25) is 5.43 Å². The quantitative estimate of drug-likeness (QED) is 0.766. The van der Waals surface area contributed by atoms with Gasteiger partial charge in [0.25, 0.3) is 0 Å². The zero-order chi connectivity index (χ0) is 13.3. The van der Waals surface area contributed by atoms with Crippen molar-refractivity contribution >= 4 is 0 Å². The van der Waals surface area contributed by atoms with Crippen molar-refractivity contribution < 1.29 is 14.0 Å². The topological polar surface area (TPSA) is 33.7 Å². The molecule has 0 radical (unpaired) electrons. The Balaban J connectivity index is 1.75. The smallest absolute Gasteiger partial charge is 0.113 e. The van der Waals surface area contributed by atoms with Crippen LogP contribution < -0.4 is 5.43 Å². The van der Waals surface area contributed by atoms with E-state index in [1.54, 1.807) is 12.4 Å². The standard InChI is InChI=1S/C14H17FN2O2/c15-7-10-18-11-13-3-5-14(6-4-13)12-19-17-9-2-1-8-16-17/h1-6,8-9,16H,7,10-12H2/i15-1. The number of halogens is 1. The number of nitrogens with zero attached hydrogens (tertiary/aromatic N) is 1. The molecule has 0 bridgehead atoms. The van der Waals surface area contributed by atoms with Crippen molar-refractivity contribution in [2.75, 3.05) is 13.3 Å². The van der Waals surface area contributed by atoms with E-state index < -0.39 is 6.67 Å². The Kier molecular flexibility index (Phi) is 5.40. The van der Waals surface area contributed by atoms with E-state index in [2.05, 4.69) is 5.43 Å². The Hall–Kier alpha value is -1.85. The molecule has 0 atom stereocenters. The minimum absolute atomic E-state index is 0.144. The molecule has 102 valence electrons. The Labute approximate surface area is 112 Å². The van der Waals surface area contributed by atoms with Crippen molar-refractivity contribution in [1.82, 2.24) is 10.6 Å². The van der Waals surface area contributed by atoms with Crippen LogP contribution in [0.2, 0.25) is 0 Å². The second kappa shape index (κ2) is 7.56. The molecule has 1 heterocycles. The van der Waals surface area contributed by atoms with E-state index in [-0.39, 0.29) is 6.61 Å². The predicted octanol–water partition coefficient (Wildman–Crippen LogP) is 2.45. The van der Waals surface area contributed by atoms with Gasteiger partial charge in [-0.15, -0.1) is 0 Å².